The van der Waals surface area contributed by atoms with Crippen LogP contribution in [0.3, 0.4) is 0 Å². The zero-order valence-electron chi connectivity index (χ0n) is 8.66. The van der Waals surface area contributed by atoms with Gasteiger partial charge in [0.15, 0.2) is 11.8 Å². The van der Waals surface area contributed by atoms with Gasteiger partial charge in [-0.05, 0) is 11.6 Å². The number of hydrogen-bond acceptors (Lipinski definition) is 5. The maximum absolute atomic E-state index is 12.1. The summed E-state index contributed by atoms with van der Waals surface area (Å²) in [6.07, 6.45) is -5.85. The molecular weight excluding hydrogens is 275 g/mol. The Bertz CT molecular complexity index is 557. The number of aliphatic hydroxyl groups is 1. The number of nitrogens with zero attached hydrogens (tertiary/aromatic N) is 3. The molecule has 0 fully saturated rings. The fraction of sp³-hybridized carbons (Fsp3) is 0.375. The van der Waals surface area contributed by atoms with Gasteiger partial charge >= 0.3 is 6.18 Å². The van der Waals surface area contributed by atoms with E-state index in [1.54, 1.807) is 0 Å². The fourth-order valence-electron chi connectivity index (χ4n) is 1.25. The first-order valence-electron chi connectivity index (χ1n) is 4.73. The number of aliphatic hydroxyl groups excluding tert-OH is 1. The van der Waals surface area contributed by atoms with Crippen LogP contribution in [-0.4, -0.2) is 44.1 Å². The van der Waals surface area contributed by atoms with Crippen molar-refractivity contribution in [1.29, 1.82) is 0 Å². The van der Waals surface area contributed by atoms with Crippen LogP contribution in [0.1, 0.15) is 0 Å². The van der Waals surface area contributed by atoms with Crippen LogP contribution >= 0.6 is 11.6 Å². The summed E-state index contributed by atoms with van der Waals surface area (Å²) in [5.74, 6) is 0.0713. The molecule has 2 aromatic heterocycles. The standard InChI is InChI=1S/C8H7ClF3N5O/c9-7-15-5(3-1-14-17-6(3)16-7)13-2-4(18)8(10,11)12/h1,4,18H,2H2,(H2,13,14,15,16,17). The van der Waals surface area contributed by atoms with Crippen LogP contribution in [0.25, 0.3) is 11.0 Å². The average molecular weight is 282 g/mol. The van der Waals surface area contributed by atoms with Crippen molar-refractivity contribution in [3.63, 3.8) is 0 Å². The van der Waals surface area contributed by atoms with E-state index in [-0.39, 0.29) is 11.1 Å². The Morgan fingerprint density at radius 3 is 2.83 bits per heavy atom. The molecule has 0 saturated heterocycles. The summed E-state index contributed by atoms with van der Waals surface area (Å²) >= 11 is 5.59. The predicted octanol–water partition coefficient (Wildman–Crippen LogP) is 1.34. The smallest absolute Gasteiger partial charge is 0.382 e. The third-order valence-corrected chi connectivity index (χ3v) is 2.29. The van der Waals surface area contributed by atoms with Crippen LogP contribution in [0.2, 0.25) is 5.28 Å². The molecule has 0 aromatic carbocycles. The van der Waals surface area contributed by atoms with Crippen molar-refractivity contribution in [3.8, 4) is 0 Å². The van der Waals surface area contributed by atoms with Gasteiger partial charge < -0.3 is 10.4 Å². The van der Waals surface area contributed by atoms with Gasteiger partial charge in [-0.25, -0.2) is 0 Å². The molecule has 10 heteroatoms. The van der Waals surface area contributed by atoms with Gasteiger partial charge in [0.05, 0.1) is 18.1 Å². The summed E-state index contributed by atoms with van der Waals surface area (Å²) in [7, 11) is 0. The fourth-order valence-corrected chi connectivity index (χ4v) is 1.42. The lowest BCUT2D eigenvalue weighted by molar-refractivity contribution is -0.198. The molecule has 0 spiro atoms. The molecule has 2 aromatic rings. The van der Waals surface area contributed by atoms with E-state index in [0.717, 1.165) is 0 Å². The average Bonchev–Trinajstić information content (AvgIpc) is 2.71. The number of halogens is 4. The second-order valence-electron chi connectivity index (χ2n) is 3.41. The molecule has 1 unspecified atom stereocenters. The van der Waals surface area contributed by atoms with E-state index in [1.807, 2.05) is 0 Å². The predicted molar refractivity (Wildman–Crippen MR) is 57.2 cm³/mol. The number of aromatic nitrogens is 4. The summed E-state index contributed by atoms with van der Waals surface area (Å²) < 4.78 is 36.4. The van der Waals surface area contributed by atoms with Gasteiger partial charge in [0, 0.05) is 0 Å². The number of rotatable bonds is 3. The van der Waals surface area contributed by atoms with Crippen molar-refractivity contribution in [2.75, 3.05) is 11.9 Å². The van der Waals surface area contributed by atoms with E-state index >= 15 is 0 Å². The molecule has 0 bridgehead atoms. The van der Waals surface area contributed by atoms with Crippen molar-refractivity contribution in [3.05, 3.63) is 11.5 Å². The van der Waals surface area contributed by atoms with Crippen LogP contribution in [0.15, 0.2) is 6.20 Å². The molecule has 18 heavy (non-hydrogen) atoms. The monoisotopic (exact) mass is 281 g/mol. The van der Waals surface area contributed by atoms with Gasteiger partial charge in [-0.3, -0.25) is 5.10 Å². The normalized spacial score (nSPS) is 13.8. The Balaban J connectivity index is 2.19. The van der Waals surface area contributed by atoms with E-state index in [1.165, 1.54) is 6.20 Å². The van der Waals surface area contributed by atoms with E-state index in [9.17, 15) is 13.2 Å². The number of fused-ring (bicyclic) bond motifs is 1. The third kappa shape index (κ3) is 2.62. The lowest BCUT2D eigenvalue weighted by Crippen LogP contribution is -2.35. The van der Waals surface area contributed by atoms with Crippen LogP contribution in [0.4, 0.5) is 19.0 Å². The quantitative estimate of drug-likeness (QED) is 0.739. The Morgan fingerprint density at radius 1 is 1.44 bits per heavy atom. The third-order valence-electron chi connectivity index (χ3n) is 2.12. The van der Waals surface area contributed by atoms with Crippen LogP contribution < -0.4 is 5.32 Å². The van der Waals surface area contributed by atoms with E-state index in [4.69, 9.17) is 16.7 Å². The SMILES string of the molecule is OC(CNc1nc(Cl)nc2[nH]ncc12)C(F)(F)F. The van der Waals surface area contributed by atoms with Crippen molar-refractivity contribution in [1.82, 2.24) is 20.2 Å². The summed E-state index contributed by atoms with van der Waals surface area (Å²) in [4.78, 5) is 7.52. The maximum Gasteiger partial charge on any atom is 0.416 e. The molecule has 2 heterocycles. The Morgan fingerprint density at radius 2 is 2.17 bits per heavy atom. The molecule has 1 atom stereocenters. The van der Waals surface area contributed by atoms with Crippen LogP contribution in [0.5, 0.6) is 0 Å². The lowest BCUT2D eigenvalue weighted by atomic mass is 10.3. The number of H-pyrrole nitrogens is 1. The van der Waals surface area contributed by atoms with Crippen LogP contribution in [-0.2, 0) is 0 Å². The Labute approximate surface area is 103 Å². The maximum atomic E-state index is 12.1. The highest BCUT2D eigenvalue weighted by Gasteiger charge is 2.38. The lowest BCUT2D eigenvalue weighted by Gasteiger charge is -2.15. The first-order chi connectivity index (χ1) is 8.38. The molecular formula is C8H7ClF3N5O. The highest BCUT2D eigenvalue weighted by Crippen LogP contribution is 2.23. The number of anilines is 1. The summed E-state index contributed by atoms with van der Waals surface area (Å²) in [5, 5.41) is 17.6. The van der Waals surface area contributed by atoms with Crippen molar-refractivity contribution < 1.29 is 18.3 Å². The molecule has 0 radical (unpaired) electrons. The van der Waals surface area contributed by atoms with Gasteiger partial charge in [-0.15, -0.1) is 0 Å². The molecule has 0 amide bonds. The zero-order chi connectivity index (χ0) is 13.3. The van der Waals surface area contributed by atoms with Crippen molar-refractivity contribution >= 4 is 28.5 Å². The molecule has 0 aliphatic heterocycles. The molecule has 3 N–H and O–H groups in total. The summed E-state index contributed by atoms with van der Waals surface area (Å²) in [5.41, 5.74) is 0.291. The molecule has 0 aliphatic rings. The molecule has 0 saturated carbocycles. The van der Waals surface area contributed by atoms with Gasteiger partial charge in [0.25, 0.3) is 0 Å². The highest BCUT2D eigenvalue weighted by molar-refractivity contribution is 6.28. The minimum atomic E-state index is -4.70. The van der Waals surface area contributed by atoms with E-state index < -0.39 is 18.8 Å². The highest BCUT2D eigenvalue weighted by atomic mass is 35.5. The van der Waals surface area contributed by atoms with E-state index in [0.29, 0.717) is 11.0 Å². The van der Waals surface area contributed by atoms with Gasteiger partial charge in [-0.1, -0.05) is 0 Å². The number of alkyl halides is 3. The first-order valence-corrected chi connectivity index (χ1v) is 5.11. The van der Waals surface area contributed by atoms with Crippen molar-refractivity contribution in [2.24, 2.45) is 0 Å². The number of hydrogen-bond donors (Lipinski definition) is 3. The second-order valence-corrected chi connectivity index (χ2v) is 3.75. The van der Waals surface area contributed by atoms with Gasteiger partial charge in [0.1, 0.15) is 5.82 Å². The molecule has 6 nitrogen and oxygen atoms in total. The minimum absolute atomic E-state index is 0.0713. The summed E-state index contributed by atoms with van der Waals surface area (Å²) in [6, 6.07) is 0. The number of aromatic amines is 1. The van der Waals surface area contributed by atoms with Gasteiger partial charge in [0.2, 0.25) is 5.28 Å². The minimum Gasteiger partial charge on any atom is -0.382 e. The van der Waals surface area contributed by atoms with Crippen LogP contribution in [0, 0.1) is 0 Å². The first kappa shape index (κ1) is 12.8. The second kappa shape index (κ2) is 4.58. The molecule has 2 rings (SSSR count). The molecule has 98 valence electrons. The summed E-state index contributed by atoms with van der Waals surface area (Å²) in [6.45, 7) is -0.739. The zero-order valence-corrected chi connectivity index (χ0v) is 9.42. The van der Waals surface area contributed by atoms with Gasteiger partial charge in [-0.2, -0.15) is 28.2 Å². The topological polar surface area (TPSA) is 86.7 Å². The molecule has 0 aliphatic carbocycles. The Kier molecular flexibility index (Phi) is 3.26. The van der Waals surface area contributed by atoms with Crippen molar-refractivity contribution in [2.45, 2.75) is 12.3 Å². The number of nitrogens with one attached hydrogen (secondary N) is 2. The van der Waals surface area contributed by atoms with E-state index in [2.05, 4.69) is 25.5 Å². The largest absolute Gasteiger partial charge is 0.416 e. The Hall–Kier alpha value is -1.61.